The van der Waals surface area contributed by atoms with Gasteiger partial charge in [-0.05, 0) is 18.2 Å². The summed E-state index contributed by atoms with van der Waals surface area (Å²) in [5.74, 6) is 0.202. The molecular formula is C10H14N2O4S2. The molecule has 0 unspecified atom stereocenters. The van der Waals surface area contributed by atoms with Crippen LogP contribution in [0.15, 0.2) is 28.0 Å². The number of sulfonamides is 1. The Morgan fingerprint density at radius 2 is 2.11 bits per heavy atom. The van der Waals surface area contributed by atoms with Gasteiger partial charge in [0.1, 0.15) is 0 Å². The monoisotopic (exact) mass is 290 g/mol. The van der Waals surface area contributed by atoms with Crippen molar-refractivity contribution in [2.75, 3.05) is 18.6 Å². The molecule has 0 aliphatic rings. The lowest BCUT2D eigenvalue weighted by Crippen LogP contribution is -2.12. The van der Waals surface area contributed by atoms with Crippen LogP contribution in [-0.4, -0.2) is 27.2 Å². The molecule has 8 heteroatoms. The van der Waals surface area contributed by atoms with E-state index >= 15 is 0 Å². The number of primary sulfonamides is 1. The molecule has 18 heavy (non-hydrogen) atoms. The van der Waals surface area contributed by atoms with Crippen molar-refractivity contribution in [2.24, 2.45) is 5.14 Å². The fourth-order valence-electron chi connectivity index (χ4n) is 1.18. The maximum Gasteiger partial charge on any atom is 0.306 e. The Morgan fingerprint density at radius 3 is 2.61 bits per heavy atom. The van der Waals surface area contributed by atoms with Crippen molar-refractivity contribution < 1.29 is 17.9 Å². The van der Waals surface area contributed by atoms with E-state index in [-0.39, 0.29) is 17.3 Å². The summed E-state index contributed by atoms with van der Waals surface area (Å²) in [5.41, 5.74) is 6.03. The van der Waals surface area contributed by atoms with Crippen LogP contribution < -0.4 is 10.9 Å². The zero-order valence-electron chi connectivity index (χ0n) is 9.75. The Hall–Kier alpha value is -1.25. The van der Waals surface area contributed by atoms with Crippen LogP contribution >= 0.6 is 11.8 Å². The normalized spacial score (nSPS) is 11.2. The molecule has 0 atom stereocenters. The number of carbonyl (C=O) groups is 1. The van der Waals surface area contributed by atoms with E-state index in [0.29, 0.717) is 16.3 Å². The minimum Gasteiger partial charge on any atom is -0.469 e. The van der Waals surface area contributed by atoms with E-state index < -0.39 is 10.0 Å². The molecule has 6 nitrogen and oxygen atoms in total. The van der Waals surface area contributed by atoms with Crippen molar-refractivity contribution in [3.63, 3.8) is 0 Å². The second kappa shape index (κ2) is 6.07. The van der Waals surface area contributed by atoms with E-state index in [2.05, 4.69) is 4.74 Å². The number of rotatable bonds is 5. The Balaban J connectivity index is 2.72. The third kappa shape index (κ3) is 4.21. The van der Waals surface area contributed by atoms with E-state index in [0.717, 1.165) is 0 Å². The molecule has 4 N–H and O–H groups in total. The molecule has 0 spiro atoms. The maximum absolute atomic E-state index is 11.1. The van der Waals surface area contributed by atoms with Crippen LogP contribution in [0.5, 0.6) is 0 Å². The van der Waals surface area contributed by atoms with E-state index in [1.54, 1.807) is 6.07 Å². The van der Waals surface area contributed by atoms with Crippen molar-refractivity contribution in [3.05, 3.63) is 18.2 Å². The third-order valence-electron chi connectivity index (χ3n) is 2.10. The van der Waals surface area contributed by atoms with Gasteiger partial charge in [0.25, 0.3) is 0 Å². The number of benzene rings is 1. The Bertz CT molecular complexity index is 543. The summed E-state index contributed by atoms with van der Waals surface area (Å²) >= 11 is 1.35. The highest BCUT2D eigenvalue weighted by atomic mass is 32.2. The molecule has 0 saturated carbocycles. The number of hydrogen-bond acceptors (Lipinski definition) is 6. The molecule has 0 bridgehead atoms. The van der Waals surface area contributed by atoms with Crippen molar-refractivity contribution >= 4 is 33.4 Å². The zero-order chi connectivity index (χ0) is 13.8. The lowest BCUT2D eigenvalue weighted by molar-refractivity contribution is -0.140. The topological polar surface area (TPSA) is 112 Å². The Labute approximate surface area is 110 Å². The van der Waals surface area contributed by atoms with Crippen molar-refractivity contribution in [3.8, 4) is 0 Å². The first-order chi connectivity index (χ1) is 8.34. The van der Waals surface area contributed by atoms with Gasteiger partial charge in [-0.2, -0.15) is 0 Å². The minimum absolute atomic E-state index is 0.0303. The highest BCUT2D eigenvalue weighted by molar-refractivity contribution is 7.99. The molecular weight excluding hydrogens is 276 g/mol. The van der Waals surface area contributed by atoms with Crippen LogP contribution in [0.25, 0.3) is 0 Å². The van der Waals surface area contributed by atoms with Crippen LogP contribution in [0.4, 0.5) is 5.69 Å². The molecule has 0 aliphatic heterocycles. The summed E-state index contributed by atoms with van der Waals surface area (Å²) < 4.78 is 26.7. The number of ether oxygens (including phenoxy) is 1. The first kappa shape index (κ1) is 14.8. The smallest absolute Gasteiger partial charge is 0.306 e. The van der Waals surface area contributed by atoms with Gasteiger partial charge in [-0.1, -0.05) is 0 Å². The average Bonchev–Trinajstić information content (AvgIpc) is 2.29. The summed E-state index contributed by atoms with van der Waals surface area (Å²) in [6.07, 6.45) is 0.261. The summed E-state index contributed by atoms with van der Waals surface area (Å²) in [7, 11) is -2.42. The highest BCUT2D eigenvalue weighted by Crippen LogP contribution is 2.27. The third-order valence-corrected chi connectivity index (χ3v) is 4.10. The number of carbonyl (C=O) groups excluding carboxylic acids is 1. The number of nitrogen functional groups attached to an aromatic ring is 1. The van der Waals surface area contributed by atoms with Gasteiger partial charge in [0.05, 0.1) is 18.4 Å². The van der Waals surface area contributed by atoms with Gasteiger partial charge in [0.15, 0.2) is 0 Å². The minimum atomic E-state index is -3.74. The summed E-state index contributed by atoms with van der Waals surface area (Å²) in [5, 5.41) is 4.98. The fourth-order valence-corrected chi connectivity index (χ4v) is 2.61. The zero-order valence-corrected chi connectivity index (χ0v) is 11.4. The molecule has 1 aromatic carbocycles. The molecule has 1 rings (SSSR count). The van der Waals surface area contributed by atoms with Crippen LogP contribution in [0.1, 0.15) is 6.42 Å². The van der Waals surface area contributed by atoms with Crippen molar-refractivity contribution in [1.82, 2.24) is 0 Å². The molecule has 0 aliphatic carbocycles. The number of esters is 1. The van der Waals surface area contributed by atoms with Crippen molar-refractivity contribution in [1.29, 1.82) is 0 Å². The predicted octanol–water partition coefficient (Wildman–Crippen LogP) is 0.571. The molecule has 0 fully saturated rings. The fraction of sp³-hybridized carbons (Fsp3) is 0.300. The van der Waals surface area contributed by atoms with Crippen LogP contribution in [-0.2, 0) is 19.6 Å². The van der Waals surface area contributed by atoms with E-state index in [4.69, 9.17) is 10.9 Å². The molecule has 0 heterocycles. The first-order valence-electron chi connectivity index (χ1n) is 4.96. The Kier molecular flexibility index (Phi) is 5.00. The van der Waals surface area contributed by atoms with Crippen molar-refractivity contribution in [2.45, 2.75) is 16.2 Å². The quantitative estimate of drug-likeness (QED) is 0.466. The number of nitrogens with two attached hydrogens (primary N) is 2. The van der Waals surface area contributed by atoms with E-state index in [1.165, 1.54) is 31.0 Å². The molecule has 0 amide bonds. The Morgan fingerprint density at radius 1 is 1.44 bits per heavy atom. The van der Waals surface area contributed by atoms with Crippen LogP contribution in [0.2, 0.25) is 0 Å². The maximum atomic E-state index is 11.1. The average molecular weight is 290 g/mol. The van der Waals surface area contributed by atoms with Gasteiger partial charge in [0.2, 0.25) is 10.0 Å². The number of anilines is 1. The SMILES string of the molecule is COC(=O)CCSc1ccc(S(N)(=O)=O)cc1N. The lowest BCUT2D eigenvalue weighted by Gasteiger charge is -2.06. The number of hydrogen-bond donors (Lipinski definition) is 2. The van der Waals surface area contributed by atoms with Crippen LogP contribution in [0.3, 0.4) is 0 Å². The molecule has 0 radical (unpaired) electrons. The second-order valence-electron chi connectivity index (χ2n) is 3.42. The molecule has 0 aromatic heterocycles. The summed E-state index contributed by atoms with van der Waals surface area (Å²) in [6.45, 7) is 0. The lowest BCUT2D eigenvalue weighted by atomic mass is 10.3. The van der Waals surface area contributed by atoms with Gasteiger partial charge < -0.3 is 10.5 Å². The molecule has 1 aromatic rings. The standard InChI is InChI=1S/C10H14N2O4S2/c1-16-10(13)4-5-17-9-3-2-7(6-8(9)11)18(12,14)15/h2-3,6H,4-5,11H2,1H3,(H2,12,14,15). The van der Waals surface area contributed by atoms with E-state index in [1.807, 2.05) is 0 Å². The van der Waals surface area contributed by atoms with Gasteiger partial charge in [-0.25, -0.2) is 13.6 Å². The van der Waals surface area contributed by atoms with E-state index in [9.17, 15) is 13.2 Å². The highest BCUT2D eigenvalue weighted by Gasteiger charge is 2.10. The molecule has 100 valence electrons. The number of methoxy groups -OCH3 is 1. The summed E-state index contributed by atoms with van der Waals surface area (Å²) in [6, 6.07) is 4.25. The van der Waals surface area contributed by atoms with Gasteiger partial charge in [-0.3, -0.25) is 4.79 Å². The first-order valence-corrected chi connectivity index (χ1v) is 7.49. The summed E-state index contributed by atoms with van der Waals surface area (Å²) in [4.78, 5) is 11.6. The van der Waals surface area contributed by atoms with Gasteiger partial charge >= 0.3 is 5.97 Å². The number of thioether (sulfide) groups is 1. The van der Waals surface area contributed by atoms with Gasteiger partial charge in [-0.15, -0.1) is 11.8 Å². The molecule has 0 saturated heterocycles. The van der Waals surface area contributed by atoms with Crippen LogP contribution in [0, 0.1) is 0 Å². The second-order valence-corrected chi connectivity index (χ2v) is 6.12. The van der Waals surface area contributed by atoms with Gasteiger partial charge in [0, 0.05) is 16.3 Å². The largest absolute Gasteiger partial charge is 0.469 e. The predicted molar refractivity (Wildman–Crippen MR) is 69.6 cm³/mol.